The second-order valence-corrected chi connectivity index (χ2v) is 5.36. The summed E-state index contributed by atoms with van der Waals surface area (Å²) in [5, 5.41) is 5.18. The van der Waals surface area contributed by atoms with E-state index in [2.05, 4.69) is 31.5 Å². The summed E-state index contributed by atoms with van der Waals surface area (Å²) in [7, 11) is 0. The number of aromatic nitrogens is 1. The van der Waals surface area contributed by atoms with Crippen LogP contribution in [0, 0.1) is 5.41 Å². The zero-order valence-corrected chi connectivity index (χ0v) is 11.7. The van der Waals surface area contributed by atoms with Gasteiger partial charge in [-0.2, -0.15) is 0 Å². The molecule has 0 unspecified atom stereocenters. The van der Waals surface area contributed by atoms with Crippen LogP contribution in [0.1, 0.15) is 13.8 Å². The maximum Gasteiger partial charge on any atom is 0.319 e. The summed E-state index contributed by atoms with van der Waals surface area (Å²) in [4.78, 5) is 26.6. The lowest BCUT2D eigenvalue weighted by molar-refractivity contribution is -0.125. The number of rotatable bonds is 4. The van der Waals surface area contributed by atoms with Crippen LogP contribution >= 0.6 is 15.9 Å². The molecule has 0 saturated carbocycles. The Balaban J connectivity index is 2.50. The predicted octanol–water partition coefficient (Wildman–Crippen LogP) is 1.48. The molecule has 98 valence electrons. The summed E-state index contributed by atoms with van der Waals surface area (Å²) in [6.07, 6.45) is 3.13. The van der Waals surface area contributed by atoms with E-state index in [1.54, 1.807) is 26.1 Å². The molecule has 1 aromatic heterocycles. The van der Waals surface area contributed by atoms with Crippen molar-refractivity contribution in [2.24, 2.45) is 11.1 Å². The molecule has 6 nitrogen and oxygen atoms in total. The first-order valence-electron chi connectivity index (χ1n) is 5.26. The normalized spacial score (nSPS) is 10.8. The zero-order valence-electron chi connectivity index (χ0n) is 10.2. The van der Waals surface area contributed by atoms with Crippen LogP contribution in [0.15, 0.2) is 22.9 Å². The average molecular weight is 315 g/mol. The molecule has 4 N–H and O–H groups in total. The maximum absolute atomic E-state index is 11.6. The number of nitrogens with one attached hydrogen (secondary N) is 2. The lowest BCUT2D eigenvalue weighted by atomic mass is 9.93. The van der Waals surface area contributed by atoms with Crippen molar-refractivity contribution in [1.29, 1.82) is 0 Å². The number of carbonyl (C=O) groups is 2. The third-order valence-corrected chi connectivity index (χ3v) is 2.75. The number of pyridine rings is 1. The molecular formula is C11H15BrN4O2. The Kier molecular flexibility index (Phi) is 4.66. The van der Waals surface area contributed by atoms with Crippen molar-refractivity contribution < 1.29 is 9.59 Å². The highest BCUT2D eigenvalue weighted by atomic mass is 79.9. The van der Waals surface area contributed by atoms with Crippen molar-refractivity contribution in [2.45, 2.75) is 13.8 Å². The summed E-state index contributed by atoms with van der Waals surface area (Å²) in [5.74, 6) is -0.466. The number of halogens is 1. The summed E-state index contributed by atoms with van der Waals surface area (Å²) >= 11 is 3.25. The molecule has 0 aliphatic carbocycles. The van der Waals surface area contributed by atoms with Crippen LogP contribution < -0.4 is 16.4 Å². The first kappa shape index (κ1) is 14.4. The van der Waals surface area contributed by atoms with Gasteiger partial charge in [-0.15, -0.1) is 0 Å². The molecule has 0 aromatic carbocycles. The van der Waals surface area contributed by atoms with Crippen molar-refractivity contribution in [3.63, 3.8) is 0 Å². The monoisotopic (exact) mass is 314 g/mol. The number of hydrogen-bond acceptors (Lipinski definition) is 3. The molecule has 1 aromatic rings. The lowest BCUT2D eigenvalue weighted by Crippen LogP contribution is -2.43. The minimum atomic E-state index is -0.785. The van der Waals surface area contributed by atoms with E-state index in [0.29, 0.717) is 5.69 Å². The standard InChI is InChI=1S/C11H15BrN4O2/c1-11(2,9(13)17)6-15-10(18)16-8-3-7(12)4-14-5-8/h3-5H,6H2,1-2H3,(H2,13,17)(H2,15,16,18). The number of nitrogens with zero attached hydrogens (tertiary/aromatic N) is 1. The van der Waals surface area contributed by atoms with E-state index in [1.165, 1.54) is 6.20 Å². The summed E-state index contributed by atoms with van der Waals surface area (Å²) < 4.78 is 0.762. The predicted molar refractivity (Wildman–Crippen MR) is 71.9 cm³/mol. The van der Waals surface area contributed by atoms with Crippen LogP contribution in [-0.2, 0) is 4.79 Å². The molecule has 0 aliphatic heterocycles. The van der Waals surface area contributed by atoms with E-state index in [9.17, 15) is 9.59 Å². The Hall–Kier alpha value is -1.63. The Morgan fingerprint density at radius 3 is 2.67 bits per heavy atom. The number of nitrogens with two attached hydrogens (primary N) is 1. The highest BCUT2D eigenvalue weighted by Gasteiger charge is 2.25. The van der Waals surface area contributed by atoms with Crippen molar-refractivity contribution >= 4 is 33.6 Å². The van der Waals surface area contributed by atoms with Crippen molar-refractivity contribution in [2.75, 3.05) is 11.9 Å². The Labute approximate surface area is 113 Å². The van der Waals surface area contributed by atoms with Gasteiger partial charge in [-0.1, -0.05) is 0 Å². The van der Waals surface area contributed by atoms with Crippen LogP contribution in [0.3, 0.4) is 0 Å². The van der Waals surface area contributed by atoms with Gasteiger partial charge in [-0.05, 0) is 35.8 Å². The van der Waals surface area contributed by atoms with Crippen LogP contribution in [0.2, 0.25) is 0 Å². The number of urea groups is 1. The average Bonchev–Trinajstić information content (AvgIpc) is 2.26. The van der Waals surface area contributed by atoms with Crippen molar-refractivity contribution in [1.82, 2.24) is 10.3 Å². The first-order valence-corrected chi connectivity index (χ1v) is 6.06. The van der Waals surface area contributed by atoms with Gasteiger partial charge in [0.2, 0.25) is 5.91 Å². The summed E-state index contributed by atoms with van der Waals surface area (Å²) in [5.41, 5.74) is 4.97. The smallest absolute Gasteiger partial charge is 0.319 e. The van der Waals surface area contributed by atoms with Crippen molar-refractivity contribution in [3.05, 3.63) is 22.9 Å². The molecule has 0 aliphatic rings. The molecule has 0 bridgehead atoms. The molecule has 0 fully saturated rings. The van der Waals surface area contributed by atoms with Gasteiger partial charge in [-0.25, -0.2) is 4.79 Å². The highest BCUT2D eigenvalue weighted by Crippen LogP contribution is 2.14. The van der Waals surface area contributed by atoms with Gasteiger partial charge in [0.05, 0.1) is 17.3 Å². The molecule has 18 heavy (non-hydrogen) atoms. The van der Waals surface area contributed by atoms with Gasteiger partial charge in [0.1, 0.15) is 0 Å². The minimum Gasteiger partial charge on any atom is -0.369 e. The number of hydrogen-bond donors (Lipinski definition) is 3. The third-order valence-electron chi connectivity index (χ3n) is 2.32. The second-order valence-electron chi connectivity index (χ2n) is 4.45. The van der Waals surface area contributed by atoms with E-state index in [4.69, 9.17) is 5.73 Å². The molecule has 0 atom stereocenters. The molecule has 3 amide bonds. The van der Waals surface area contributed by atoms with Crippen LogP contribution in [-0.4, -0.2) is 23.5 Å². The Morgan fingerprint density at radius 2 is 2.11 bits per heavy atom. The summed E-state index contributed by atoms with van der Waals surface area (Å²) in [6, 6.07) is 1.30. The van der Waals surface area contributed by atoms with Crippen molar-refractivity contribution in [3.8, 4) is 0 Å². The Morgan fingerprint density at radius 1 is 1.44 bits per heavy atom. The second kappa shape index (κ2) is 5.81. The molecule has 1 heterocycles. The van der Waals surface area contributed by atoms with Gasteiger partial charge < -0.3 is 16.4 Å². The largest absolute Gasteiger partial charge is 0.369 e. The highest BCUT2D eigenvalue weighted by molar-refractivity contribution is 9.10. The number of carbonyl (C=O) groups excluding carboxylic acids is 2. The molecule has 0 spiro atoms. The molecular weight excluding hydrogens is 300 g/mol. The van der Waals surface area contributed by atoms with E-state index in [-0.39, 0.29) is 6.54 Å². The summed E-state index contributed by atoms with van der Waals surface area (Å²) in [6.45, 7) is 3.49. The lowest BCUT2D eigenvalue weighted by Gasteiger charge is -2.20. The fourth-order valence-electron chi connectivity index (χ4n) is 1.04. The van der Waals surface area contributed by atoms with E-state index >= 15 is 0 Å². The van der Waals surface area contributed by atoms with Gasteiger partial charge >= 0.3 is 6.03 Å². The molecule has 1 rings (SSSR count). The minimum absolute atomic E-state index is 0.162. The van der Waals surface area contributed by atoms with Gasteiger partial charge in [0.25, 0.3) is 0 Å². The van der Waals surface area contributed by atoms with Crippen LogP contribution in [0.4, 0.5) is 10.5 Å². The fraction of sp³-hybridized carbons (Fsp3) is 0.364. The third kappa shape index (κ3) is 4.33. The number of amides is 3. The molecule has 7 heteroatoms. The first-order chi connectivity index (χ1) is 8.31. The quantitative estimate of drug-likeness (QED) is 0.785. The SMILES string of the molecule is CC(C)(CNC(=O)Nc1cncc(Br)c1)C(N)=O. The maximum atomic E-state index is 11.6. The molecule has 0 saturated heterocycles. The van der Waals surface area contributed by atoms with Gasteiger partial charge in [-0.3, -0.25) is 9.78 Å². The van der Waals surface area contributed by atoms with E-state index < -0.39 is 17.4 Å². The molecule has 0 radical (unpaired) electrons. The van der Waals surface area contributed by atoms with Crippen LogP contribution in [0.25, 0.3) is 0 Å². The Bertz CT molecular complexity index is 462. The topological polar surface area (TPSA) is 97.1 Å². The van der Waals surface area contributed by atoms with Crippen LogP contribution in [0.5, 0.6) is 0 Å². The van der Waals surface area contributed by atoms with E-state index in [0.717, 1.165) is 4.47 Å². The van der Waals surface area contributed by atoms with Gasteiger partial charge in [0, 0.05) is 17.2 Å². The zero-order chi connectivity index (χ0) is 13.8. The van der Waals surface area contributed by atoms with Gasteiger partial charge in [0.15, 0.2) is 0 Å². The fourth-order valence-corrected chi connectivity index (χ4v) is 1.41. The number of anilines is 1. The van der Waals surface area contributed by atoms with E-state index in [1.807, 2.05) is 0 Å². The number of primary amides is 1.